The van der Waals surface area contributed by atoms with Crippen molar-refractivity contribution in [1.82, 2.24) is 20.0 Å². The molecule has 1 saturated heterocycles. The number of carbonyl (C=O) groups is 2. The molecule has 2 fully saturated rings. The number of hydrogen-bond acceptors (Lipinski definition) is 6. The van der Waals surface area contributed by atoms with Crippen LogP contribution in [0.2, 0.25) is 0 Å². The van der Waals surface area contributed by atoms with Crippen LogP contribution in [0.5, 0.6) is 5.75 Å². The van der Waals surface area contributed by atoms with Crippen molar-refractivity contribution >= 4 is 12.0 Å². The zero-order valence-corrected chi connectivity index (χ0v) is 18.9. The van der Waals surface area contributed by atoms with E-state index >= 15 is 4.39 Å². The van der Waals surface area contributed by atoms with E-state index in [0.717, 1.165) is 18.9 Å². The molecular formula is C23H25F2N5O4. The summed E-state index contributed by atoms with van der Waals surface area (Å²) in [6.45, 7) is 1.80. The molecule has 2 amide bonds. The molecule has 34 heavy (non-hydrogen) atoms. The molecule has 11 heteroatoms. The van der Waals surface area contributed by atoms with Gasteiger partial charge in [0.05, 0.1) is 18.8 Å². The highest BCUT2D eigenvalue weighted by atomic mass is 19.1. The van der Waals surface area contributed by atoms with Crippen LogP contribution in [0.3, 0.4) is 0 Å². The summed E-state index contributed by atoms with van der Waals surface area (Å²) in [6.07, 6.45) is 1.29. The fraction of sp³-hybridized carbons (Fsp3) is 0.478. The molecule has 9 nitrogen and oxygen atoms in total. The van der Waals surface area contributed by atoms with E-state index < -0.39 is 35.6 Å². The van der Waals surface area contributed by atoms with Gasteiger partial charge in [-0.15, -0.1) is 0 Å². The van der Waals surface area contributed by atoms with Gasteiger partial charge < -0.3 is 19.7 Å². The number of nitriles is 1. The Labute approximate surface area is 195 Å². The lowest BCUT2D eigenvalue weighted by Gasteiger charge is -2.34. The van der Waals surface area contributed by atoms with E-state index in [0.29, 0.717) is 5.56 Å². The SMILES string of the molecule is CNC(=O)c1ccc(OCc2cnn(C3CCN(C(=O)OC4(C)CC4)C[C@@H]3F)c2C#N)c(F)c1. The molecule has 1 saturated carbocycles. The van der Waals surface area contributed by atoms with E-state index in [1.165, 1.54) is 35.0 Å². The summed E-state index contributed by atoms with van der Waals surface area (Å²) in [4.78, 5) is 25.2. The third kappa shape index (κ3) is 4.81. The average molecular weight is 473 g/mol. The molecule has 2 aliphatic rings. The minimum Gasteiger partial charge on any atom is -0.486 e. The molecule has 180 valence electrons. The molecule has 1 aromatic carbocycles. The second-order valence-electron chi connectivity index (χ2n) is 8.72. The second-order valence-corrected chi connectivity index (χ2v) is 8.72. The van der Waals surface area contributed by atoms with Crippen molar-refractivity contribution in [3.63, 3.8) is 0 Å². The Bertz CT molecular complexity index is 1140. The lowest BCUT2D eigenvalue weighted by Crippen LogP contribution is -2.47. The van der Waals surface area contributed by atoms with E-state index in [-0.39, 0.29) is 43.1 Å². The zero-order valence-electron chi connectivity index (χ0n) is 18.9. The van der Waals surface area contributed by atoms with Crippen LogP contribution in [-0.2, 0) is 11.3 Å². The summed E-state index contributed by atoms with van der Waals surface area (Å²) in [5.74, 6) is -1.25. The van der Waals surface area contributed by atoms with Gasteiger partial charge in [0.15, 0.2) is 11.6 Å². The van der Waals surface area contributed by atoms with E-state index in [4.69, 9.17) is 9.47 Å². The molecule has 1 aromatic heterocycles. The van der Waals surface area contributed by atoms with Gasteiger partial charge in [0.2, 0.25) is 0 Å². The highest BCUT2D eigenvalue weighted by molar-refractivity contribution is 5.94. The molecule has 2 atom stereocenters. The molecule has 4 rings (SSSR count). The summed E-state index contributed by atoms with van der Waals surface area (Å²) in [5.41, 5.74) is 0.185. The van der Waals surface area contributed by atoms with Gasteiger partial charge in [0.1, 0.15) is 30.1 Å². The number of amides is 2. The molecule has 0 radical (unpaired) electrons. The number of piperidine rings is 1. The number of benzene rings is 1. The topological polar surface area (TPSA) is 109 Å². The van der Waals surface area contributed by atoms with Crippen LogP contribution < -0.4 is 10.1 Å². The molecule has 1 aliphatic carbocycles. The number of nitrogens with zero attached hydrogens (tertiary/aromatic N) is 4. The summed E-state index contributed by atoms with van der Waals surface area (Å²) >= 11 is 0. The van der Waals surface area contributed by atoms with Crippen LogP contribution in [0.4, 0.5) is 13.6 Å². The predicted molar refractivity (Wildman–Crippen MR) is 115 cm³/mol. The quantitative estimate of drug-likeness (QED) is 0.691. The van der Waals surface area contributed by atoms with E-state index in [1.54, 1.807) is 0 Å². The summed E-state index contributed by atoms with van der Waals surface area (Å²) in [5, 5.41) is 16.2. The van der Waals surface area contributed by atoms with Crippen LogP contribution in [0.15, 0.2) is 24.4 Å². The van der Waals surface area contributed by atoms with E-state index in [9.17, 15) is 19.2 Å². The number of rotatable bonds is 6. The van der Waals surface area contributed by atoms with Gasteiger partial charge in [0, 0.05) is 24.7 Å². The Balaban J connectivity index is 1.41. The van der Waals surface area contributed by atoms with Crippen LogP contribution in [0.1, 0.15) is 53.8 Å². The van der Waals surface area contributed by atoms with Crippen molar-refractivity contribution in [2.24, 2.45) is 0 Å². The second kappa shape index (κ2) is 9.29. The third-order valence-corrected chi connectivity index (χ3v) is 6.15. The van der Waals surface area contributed by atoms with E-state index in [2.05, 4.69) is 10.4 Å². The first-order valence-corrected chi connectivity index (χ1v) is 11.0. The normalized spacial score (nSPS) is 20.9. The predicted octanol–water partition coefficient (Wildman–Crippen LogP) is 3.11. The van der Waals surface area contributed by atoms with Gasteiger partial charge in [-0.25, -0.2) is 18.3 Å². The van der Waals surface area contributed by atoms with Crippen LogP contribution in [-0.4, -0.2) is 58.6 Å². The highest BCUT2D eigenvalue weighted by Gasteiger charge is 2.44. The number of likely N-dealkylation sites (tertiary alicyclic amines) is 1. The van der Waals surface area contributed by atoms with Crippen molar-refractivity contribution < 1.29 is 27.8 Å². The maximum absolute atomic E-state index is 15.0. The van der Waals surface area contributed by atoms with Gasteiger partial charge in [-0.2, -0.15) is 10.4 Å². The fourth-order valence-electron chi connectivity index (χ4n) is 3.82. The lowest BCUT2D eigenvalue weighted by molar-refractivity contribution is 0.0292. The highest BCUT2D eigenvalue weighted by Crippen LogP contribution is 2.39. The first kappa shape index (κ1) is 23.5. The molecule has 1 N–H and O–H groups in total. The third-order valence-electron chi connectivity index (χ3n) is 6.15. The summed E-state index contributed by atoms with van der Waals surface area (Å²) < 4.78 is 41.5. The minimum atomic E-state index is -1.44. The van der Waals surface area contributed by atoms with Crippen molar-refractivity contribution in [3.8, 4) is 11.8 Å². The monoisotopic (exact) mass is 473 g/mol. The Hall–Kier alpha value is -3.68. The largest absolute Gasteiger partial charge is 0.486 e. The minimum absolute atomic E-state index is 0.0937. The fourth-order valence-corrected chi connectivity index (χ4v) is 3.82. The summed E-state index contributed by atoms with van der Waals surface area (Å²) in [7, 11) is 1.44. The number of aromatic nitrogens is 2. The van der Waals surface area contributed by atoms with Crippen molar-refractivity contribution in [2.45, 2.75) is 50.6 Å². The Morgan fingerprint density at radius 2 is 2.15 bits per heavy atom. The first-order chi connectivity index (χ1) is 16.2. The van der Waals surface area contributed by atoms with Gasteiger partial charge in [-0.05, 0) is 44.4 Å². The van der Waals surface area contributed by atoms with Gasteiger partial charge in [0.25, 0.3) is 5.91 Å². The number of carbonyl (C=O) groups excluding carboxylic acids is 2. The number of halogens is 2. The Morgan fingerprint density at radius 3 is 2.76 bits per heavy atom. The van der Waals surface area contributed by atoms with E-state index in [1.807, 2.05) is 13.0 Å². The average Bonchev–Trinajstić information content (AvgIpc) is 3.40. The smallest absolute Gasteiger partial charge is 0.410 e. The molecule has 2 heterocycles. The van der Waals surface area contributed by atoms with Gasteiger partial charge >= 0.3 is 6.09 Å². The number of alkyl halides is 1. The molecule has 1 unspecified atom stereocenters. The number of ether oxygens (including phenoxy) is 2. The van der Waals surface area contributed by atoms with Crippen molar-refractivity contribution in [3.05, 3.63) is 47.0 Å². The van der Waals surface area contributed by atoms with Crippen LogP contribution >= 0.6 is 0 Å². The number of nitrogens with one attached hydrogen (secondary N) is 1. The summed E-state index contributed by atoms with van der Waals surface area (Å²) in [6, 6.07) is 5.09. The van der Waals surface area contributed by atoms with Gasteiger partial charge in [-0.1, -0.05) is 0 Å². The van der Waals surface area contributed by atoms with Crippen LogP contribution in [0, 0.1) is 17.1 Å². The molecule has 1 aliphatic heterocycles. The lowest BCUT2D eigenvalue weighted by atomic mass is 10.0. The van der Waals surface area contributed by atoms with Crippen molar-refractivity contribution in [1.29, 1.82) is 5.26 Å². The Kier molecular flexibility index (Phi) is 6.41. The first-order valence-electron chi connectivity index (χ1n) is 11.0. The maximum atomic E-state index is 15.0. The Morgan fingerprint density at radius 1 is 1.38 bits per heavy atom. The number of hydrogen-bond donors (Lipinski definition) is 1. The molecular weight excluding hydrogens is 448 g/mol. The molecule has 0 spiro atoms. The maximum Gasteiger partial charge on any atom is 0.410 e. The zero-order chi connectivity index (χ0) is 24.5. The standard InChI is InChI=1S/C23H25F2N5O4/c1-23(6-7-23)34-22(32)29-8-5-18(17(25)12-29)30-19(10-26)15(11-28-30)13-33-20-4-3-14(9-16(20)24)21(31)27-2/h3-4,9,11,17-18H,5-8,12-13H2,1-2H3,(H,27,31)/t17-,18?/m0/s1. The molecule has 2 aromatic rings. The van der Waals surface area contributed by atoms with Crippen molar-refractivity contribution in [2.75, 3.05) is 20.1 Å². The van der Waals surface area contributed by atoms with Gasteiger partial charge in [-0.3, -0.25) is 4.79 Å². The van der Waals surface area contributed by atoms with Crippen LogP contribution in [0.25, 0.3) is 0 Å². The molecule has 0 bridgehead atoms.